The van der Waals surface area contributed by atoms with Crippen molar-refractivity contribution in [3.05, 3.63) is 44.9 Å². The highest BCUT2D eigenvalue weighted by Gasteiger charge is 2.15. The number of benzene rings is 1. The molecule has 1 amide bonds. The zero-order valence-electron chi connectivity index (χ0n) is 10.7. The Labute approximate surface area is 120 Å². The molecule has 2 rings (SSSR count). The number of halogens is 1. The van der Waals surface area contributed by atoms with Gasteiger partial charge >= 0.3 is 0 Å². The van der Waals surface area contributed by atoms with E-state index in [0.29, 0.717) is 22.8 Å². The van der Waals surface area contributed by atoms with Crippen molar-refractivity contribution in [1.82, 2.24) is 9.88 Å². The smallest absolute Gasteiger partial charge is 0.254 e. The van der Waals surface area contributed by atoms with Crippen molar-refractivity contribution in [3.8, 4) is 0 Å². The molecular formula is C13H14ClN3OS. The number of thiazole rings is 1. The topological polar surface area (TPSA) is 59.2 Å². The molecule has 1 aromatic carbocycles. The van der Waals surface area contributed by atoms with Gasteiger partial charge in [-0.15, -0.1) is 11.3 Å². The highest BCUT2D eigenvalue weighted by Crippen LogP contribution is 2.20. The molecule has 1 aromatic heterocycles. The van der Waals surface area contributed by atoms with E-state index < -0.39 is 0 Å². The summed E-state index contributed by atoms with van der Waals surface area (Å²) in [7, 11) is 1.75. The standard InChI is InChI=1S/C13H14ClN3OS/c1-8-12(19-7-16-8)6-17(2)13(18)9-3-10(14)5-11(15)4-9/h3-5,7H,6,15H2,1-2H3. The Kier molecular flexibility index (Phi) is 4.07. The third-order valence-corrected chi connectivity index (χ3v) is 3.88. The summed E-state index contributed by atoms with van der Waals surface area (Å²) >= 11 is 7.45. The lowest BCUT2D eigenvalue weighted by Crippen LogP contribution is -2.26. The number of nitrogens with two attached hydrogens (primary N) is 1. The maximum atomic E-state index is 12.3. The molecule has 0 aliphatic carbocycles. The van der Waals surface area contributed by atoms with Gasteiger partial charge in [-0.05, 0) is 25.1 Å². The maximum Gasteiger partial charge on any atom is 0.254 e. The van der Waals surface area contributed by atoms with Gasteiger partial charge in [0.05, 0.1) is 17.7 Å². The number of nitrogen functional groups attached to an aromatic ring is 1. The molecule has 19 heavy (non-hydrogen) atoms. The van der Waals surface area contributed by atoms with Crippen molar-refractivity contribution >= 4 is 34.5 Å². The number of nitrogens with zero attached hydrogens (tertiary/aromatic N) is 2. The predicted molar refractivity (Wildman–Crippen MR) is 78.5 cm³/mol. The second kappa shape index (κ2) is 5.59. The van der Waals surface area contributed by atoms with Crippen molar-refractivity contribution in [2.75, 3.05) is 12.8 Å². The maximum absolute atomic E-state index is 12.3. The summed E-state index contributed by atoms with van der Waals surface area (Å²) < 4.78 is 0. The van der Waals surface area contributed by atoms with Crippen LogP contribution in [-0.4, -0.2) is 22.8 Å². The van der Waals surface area contributed by atoms with Gasteiger partial charge in [0.1, 0.15) is 0 Å². The largest absolute Gasteiger partial charge is 0.399 e. The highest BCUT2D eigenvalue weighted by molar-refractivity contribution is 7.09. The molecule has 100 valence electrons. The molecule has 0 saturated carbocycles. The van der Waals surface area contributed by atoms with Crippen molar-refractivity contribution in [1.29, 1.82) is 0 Å². The molecule has 4 nitrogen and oxygen atoms in total. The van der Waals surface area contributed by atoms with E-state index in [4.69, 9.17) is 17.3 Å². The van der Waals surface area contributed by atoms with Gasteiger partial charge in [0.25, 0.3) is 5.91 Å². The van der Waals surface area contributed by atoms with Crippen LogP contribution in [0.15, 0.2) is 23.7 Å². The first-order valence-corrected chi connectivity index (χ1v) is 6.93. The number of carbonyl (C=O) groups excluding carboxylic acids is 1. The molecular weight excluding hydrogens is 282 g/mol. The summed E-state index contributed by atoms with van der Waals surface area (Å²) in [6, 6.07) is 4.87. The Balaban J connectivity index is 2.17. The first-order valence-electron chi connectivity index (χ1n) is 5.68. The van der Waals surface area contributed by atoms with Crippen LogP contribution in [-0.2, 0) is 6.54 Å². The molecule has 0 fully saturated rings. The average molecular weight is 296 g/mol. The number of rotatable bonds is 3. The summed E-state index contributed by atoms with van der Waals surface area (Å²) in [4.78, 5) is 19.2. The van der Waals surface area contributed by atoms with Gasteiger partial charge in [-0.2, -0.15) is 0 Å². The van der Waals surface area contributed by atoms with Gasteiger partial charge in [-0.25, -0.2) is 4.98 Å². The second-order valence-electron chi connectivity index (χ2n) is 4.30. The minimum atomic E-state index is -0.109. The van der Waals surface area contributed by atoms with Gasteiger partial charge < -0.3 is 10.6 Å². The quantitative estimate of drug-likeness (QED) is 0.886. The van der Waals surface area contributed by atoms with Crippen LogP contribution >= 0.6 is 22.9 Å². The van der Waals surface area contributed by atoms with E-state index in [-0.39, 0.29) is 5.91 Å². The van der Waals surface area contributed by atoms with Gasteiger partial charge in [0.15, 0.2) is 0 Å². The lowest BCUT2D eigenvalue weighted by atomic mass is 10.2. The molecule has 0 spiro atoms. The summed E-state index contributed by atoms with van der Waals surface area (Å²) in [6.45, 7) is 2.46. The van der Waals surface area contributed by atoms with E-state index in [1.807, 2.05) is 6.92 Å². The third kappa shape index (κ3) is 3.24. The van der Waals surface area contributed by atoms with E-state index in [0.717, 1.165) is 10.6 Å². The molecule has 2 aromatic rings. The van der Waals surface area contributed by atoms with Crippen LogP contribution in [0, 0.1) is 6.92 Å². The Morgan fingerprint density at radius 2 is 2.21 bits per heavy atom. The summed E-state index contributed by atoms with van der Waals surface area (Å²) in [5, 5.41) is 0.464. The van der Waals surface area contributed by atoms with Crippen LogP contribution in [0.3, 0.4) is 0 Å². The fraction of sp³-hybridized carbons (Fsp3) is 0.231. The van der Waals surface area contributed by atoms with Crippen molar-refractivity contribution in [3.63, 3.8) is 0 Å². The highest BCUT2D eigenvalue weighted by atomic mass is 35.5. The molecule has 0 aliphatic rings. The Hall–Kier alpha value is -1.59. The van der Waals surface area contributed by atoms with Gasteiger partial charge in [-0.1, -0.05) is 11.6 Å². The van der Waals surface area contributed by atoms with Crippen molar-refractivity contribution < 1.29 is 4.79 Å². The third-order valence-electron chi connectivity index (χ3n) is 2.74. The van der Waals surface area contributed by atoms with Gasteiger partial charge in [0, 0.05) is 28.2 Å². The summed E-state index contributed by atoms with van der Waals surface area (Å²) in [5.41, 5.74) is 9.41. The zero-order valence-corrected chi connectivity index (χ0v) is 12.3. The van der Waals surface area contributed by atoms with E-state index in [9.17, 15) is 4.79 Å². The van der Waals surface area contributed by atoms with Crippen LogP contribution in [0.1, 0.15) is 20.9 Å². The van der Waals surface area contributed by atoms with E-state index in [2.05, 4.69) is 4.98 Å². The molecule has 0 aliphatic heterocycles. The van der Waals surface area contributed by atoms with Crippen LogP contribution < -0.4 is 5.73 Å². The number of carbonyl (C=O) groups is 1. The van der Waals surface area contributed by atoms with Crippen LogP contribution in [0.2, 0.25) is 5.02 Å². The van der Waals surface area contributed by atoms with Crippen LogP contribution in [0.4, 0.5) is 5.69 Å². The SMILES string of the molecule is Cc1ncsc1CN(C)C(=O)c1cc(N)cc(Cl)c1. The number of aromatic nitrogens is 1. The molecule has 6 heteroatoms. The zero-order chi connectivity index (χ0) is 14.0. The number of hydrogen-bond donors (Lipinski definition) is 1. The second-order valence-corrected chi connectivity index (χ2v) is 5.67. The van der Waals surface area contributed by atoms with E-state index in [1.54, 1.807) is 47.0 Å². The van der Waals surface area contributed by atoms with Crippen LogP contribution in [0.25, 0.3) is 0 Å². The fourth-order valence-electron chi connectivity index (χ4n) is 1.72. The molecule has 2 N–H and O–H groups in total. The Bertz CT molecular complexity index is 591. The molecule has 1 heterocycles. The Morgan fingerprint density at radius 1 is 1.47 bits per heavy atom. The number of anilines is 1. The lowest BCUT2D eigenvalue weighted by Gasteiger charge is -2.17. The van der Waals surface area contributed by atoms with Crippen molar-refractivity contribution in [2.24, 2.45) is 0 Å². The monoisotopic (exact) mass is 295 g/mol. The summed E-state index contributed by atoms with van der Waals surface area (Å²) in [5.74, 6) is -0.109. The molecule has 0 bridgehead atoms. The normalized spacial score (nSPS) is 10.5. The molecule has 0 atom stereocenters. The molecule has 0 radical (unpaired) electrons. The first-order chi connectivity index (χ1) is 8.97. The number of aryl methyl sites for hydroxylation is 1. The fourth-order valence-corrected chi connectivity index (χ4v) is 2.79. The summed E-state index contributed by atoms with van der Waals surface area (Å²) in [6.07, 6.45) is 0. The predicted octanol–water partition coefficient (Wildman–Crippen LogP) is 2.96. The lowest BCUT2D eigenvalue weighted by molar-refractivity contribution is 0.0786. The number of hydrogen-bond acceptors (Lipinski definition) is 4. The van der Waals surface area contributed by atoms with Gasteiger partial charge in [0.2, 0.25) is 0 Å². The van der Waals surface area contributed by atoms with E-state index in [1.165, 1.54) is 0 Å². The first kappa shape index (κ1) is 13.8. The molecule has 0 saturated heterocycles. The minimum absolute atomic E-state index is 0.109. The molecule has 0 unspecified atom stereocenters. The van der Waals surface area contributed by atoms with Crippen LogP contribution in [0.5, 0.6) is 0 Å². The van der Waals surface area contributed by atoms with Gasteiger partial charge in [-0.3, -0.25) is 4.79 Å². The van der Waals surface area contributed by atoms with Crippen molar-refractivity contribution in [2.45, 2.75) is 13.5 Å². The number of amides is 1. The Morgan fingerprint density at radius 3 is 2.79 bits per heavy atom. The minimum Gasteiger partial charge on any atom is -0.399 e. The average Bonchev–Trinajstić information content (AvgIpc) is 2.72. The van der Waals surface area contributed by atoms with E-state index >= 15 is 0 Å².